The third kappa shape index (κ3) is 5.25. The highest BCUT2D eigenvalue weighted by atomic mass is 16.5. The molecule has 126 valence electrons. The van der Waals surface area contributed by atoms with E-state index in [0.29, 0.717) is 19.6 Å². The number of nitrogens with zero attached hydrogens (tertiary/aromatic N) is 2. The predicted molar refractivity (Wildman–Crippen MR) is 85.6 cm³/mol. The van der Waals surface area contributed by atoms with Gasteiger partial charge in [-0.05, 0) is 25.0 Å². The Morgan fingerprint density at radius 1 is 1.43 bits per heavy atom. The summed E-state index contributed by atoms with van der Waals surface area (Å²) in [6.45, 7) is 7.10. The number of rotatable bonds is 8. The van der Waals surface area contributed by atoms with Gasteiger partial charge >= 0.3 is 0 Å². The smallest absolute Gasteiger partial charge is 0.242 e. The molecule has 0 saturated carbocycles. The second kappa shape index (κ2) is 8.53. The van der Waals surface area contributed by atoms with Gasteiger partial charge in [-0.1, -0.05) is 6.08 Å². The monoisotopic (exact) mass is 320 g/mol. The van der Waals surface area contributed by atoms with Gasteiger partial charge in [0.05, 0.1) is 18.9 Å². The maximum Gasteiger partial charge on any atom is 0.242 e. The second-order valence-corrected chi connectivity index (χ2v) is 5.68. The molecule has 1 aliphatic rings. The van der Waals surface area contributed by atoms with Crippen molar-refractivity contribution in [2.24, 2.45) is 0 Å². The molecule has 0 spiro atoms. The van der Waals surface area contributed by atoms with Gasteiger partial charge in [0.15, 0.2) is 0 Å². The molecule has 23 heavy (non-hydrogen) atoms. The number of ether oxygens (including phenoxy) is 1. The van der Waals surface area contributed by atoms with E-state index in [2.05, 4.69) is 6.58 Å². The summed E-state index contributed by atoms with van der Waals surface area (Å²) in [6.07, 6.45) is 5.23. The number of amides is 2. The van der Waals surface area contributed by atoms with E-state index < -0.39 is 0 Å². The van der Waals surface area contributed by atoms with Crippen LogP contribution in [0.4, 0.5) is 0 Å². The molecule has 0 N–H and O–H groups in total. The van der Waals surface area contributed by atoms with Crippen LogP contribution in [0.2, 0.25) is 0 Å². The van der Waals surface area contributed by atoms with E-state index in [1.165, 1.54) is 11.8 Å². The van der Waals surface area contributed by atoms with Crippen LogP contribution in [-0.2, 0) is 20.9 Å². The Kier molecular flexibility index (Phi) is 6.40. The Morgan fingerprint density at radius 3 is 2.83 bits per heavy atom. The van der Waals surface area contributed by atoms with Crippen LogP contribution >= 0.6 is 0 Å². The first-order chi connectivity index (χ1) is 11.1. The van der Waals surface area contributed by atoms with Crippen molar-refractivity contribution in [2.45, 2.75) is 32.4 Å². The molecule has 1 aliphatic heterocycles. The van der Waals surface area contributed by atoms with Crippen molar-refractivity contribution in [3.05, 3.63) is 36.8 Å². The fourth-order valence-electron chi connectivity index (χ4n) is 2.60. The lowest BCUT2D eigenvalue weighted by molar-refractivity contribution is -0.140. The normalized spacial score (nSPS) is 17.0. The van der Waals surface area contributed by atoms with Gasteiger partial charge in [-0.3, -0.25) is 9.59 Å². The van der Waals surface area contributed by atoms with Crippen molar-refractivity contribution >= 4 is 11.8 Å². The topological polar surface area (TPSA) is 63.0 Å². The van der Waals surface area contributed by atoms with Crippen LogP contribution in [0, 0.1) is 0 Å². The summed E-state index contributed by atoms with van der Waals surface area (Å²) in [4.78, 5) is 27.4. The number of carbonyl (C=O) groups excluding carboxylic acids is 2. The summed E-state index contributed by atoms with van der Waals surface area (Å²) in [5.41, 5.74) is 0. The van der Waals surface area contributed by atoms with Gasteiger partial charge in [-0.2, -0.15) is 0 Å². The van der Waals surface area contributed by atoms with Crippen molar-refractivity contribution in [1.29, 1.82) is 0 Å². The lowest BCUT2D eigenvalue weighted by Crippen LogP contribution is -2.44. The molecule has 2 rings (SSSR count). The SMILES string of the molecule is C=CCN(CC(=O)N(Cc1ccco1)C[C@@H]1CCCO1)C(C)=O. The maximum atomic E-state index is 12.6. The Hall–Kier alpha value is -2.08. The third-order valence-corrected chi connectivity index (χ3v) is 3.85. The van der Waals surface area contributed by atoms with E-state index in [-0.39, 0.29) is 24.5 Å². The van der Waals surface area contributed by atoms with Gasteiger partial charge in [-0.25, -0.2) is 0 Å². The average Bonchev–Trinajstić information content (AvgIpc) is 3.19. The molecule has 1 saturated heterocycles. The van der Waals surface area contributed by atoms with Gasteiger partial charge in [-0.15, -0.1) is 6.58 Å². The Bertz CT molecular complexity index is 521. The van der Waals surface area contributed by atoms with E-state index in [1.807, 2.05) is 6.07 Å². The molecule has 1 aromatic rings. The molecule has 2 amide bonds. The van der Waals surface area contributed by atoms with Gasteiger partial charge < -0.3 is 19.0 Å². The van der Waals surface area contributed by atoms with Crippen LogP contribution in [0.1, 0.15) is 25.5 Å². The zero-order valence-electron chi connectivity index (χ0n) is 13.6. The molecular weight excluding hydrogens is 296 g/mol. The zero-order chi connectivity index (χ0) is 16.7. The first-order valence-corrected chi connectivity index (χ1v) is 7.88. The summed E-state index contributed by atoms with van der Waals surface area (Å²) in [6, 6.07) is 3.63. The third-order valence-electron chi connectivity index (χ3n) is 3.85. The minimum absolute atomic E-state index is 0.0365. The Labute approximate surface area is 136 Å². The van der Waals surface area contributed by atoms with Gasteiger partial charge in [0.2, 0.25) is 11.8 Å². The summed E-state index contributed by atoms with van der Waals surface area (Å²) in [7, 11) is 0. The van der Waals surface area contributed by atoms with Gasteiger partial charge in [0, 0.05) is 26.6 Å². The van der Waals surface area contributed by atoms with E-state index in [0.717, 1.165) is 25.2 Å². The summed E-state index contributed by atoms with van der Waals surface area (Å²) in [5.74, 6) is 0.455. The summed E-state index contributed by atoms with van der Waals surface area (Å²) < 4.78 is 11.0. The lowest BCUT2D eigenvalue weighted by atomic mass is 10.2. The molecule has 1 atom stereocenters. The van der Waals surface area contributed by atoms with Crippen LogP contribution in [0.25, 0.3) is 0 Å². The molecule has 1 fully saturated rings. The molecule has 6 heteroatoms. The molecule has 6 nitrogen and oxygen atoms in total. The molecule has 1 aromatic heterocycles. The minimum atomic E-state index is -0.145. The van der Waals surface area contributed by atoms with Crippen molar-refractivity contribution in [2.75, 3.05) is 26.2 Å². The number of carbonyl (C=O) groups is 2. The van der Waals surface area contributed by atoms with Crippen molar-refractivity contribution in [3.8, 4) is 0 Å². The molecule has 0 aromatic carbocycles. The van der Waals surface area contributed by atoms with Crippen LogP contribution in [0.15, 0.2) is 35.5 Å². The van der Waals surface area contributed by atoms with E-state index >= 15 is 0 Å². The predicted octanol–water partition coefficient (Wildman–Crippen LogP) is 1.82. The number of hydrogen-bond donors (Lipinski definition) is 0. The van der Waals surface area contributed by atoms with Crippen LogP contribution < -0.4 is 0 Å². The molecule has 0 aliphatic carbocycles. The quantitative estimate of drug-likeness (QED) is 0.686. The van der Waals surface area contributed by atoms with E-state index in [9.17, 15) is 9.59 Å². The fraction of sp³-hybridized carbons (Fsp3) is 0.529. The molecular formula is C17H24N2O4. The summed E-state index contributed by atoms with van der Waals surface area (Å²) in [5, 5.41) is 0. The minimum Gasteiger partial charge on any atom is -0.467 e. The average molecular weight is 320 g/mol. The van der Waals surface area contributed by atoms with Crippen LogP contribution in [0.5, 0.6) is 0 Å². The lowest BCUT2D eigenvalue weighted by Gasteiger charge is -2.27. The largest absolute Gasteiger partial charge is 0.467 e. The molecule has 0 radical (unpaired) electrons. The standard InChI is InChI=1S/C17H24N2O4/c1-3-8-18(14(2)20)13-17(21)19(11-15-6-4-9-22-15)12-16-7-5-10-23-16/h3-4,6,9,16H,1,5,7-8,10-13H2,2H3/t16-/m0/s1. The Morgan fingerprint density at radius 2 is 2.26 bits per heavy atom. The van der Waals surface area contributed by atoms with Gasteiger partial charge in [0.1, 0.15) is 12.3 Å². The number of hydrogen-bond acceptors (Lipinski definition) is 4. The van der Waals surface area contributed by atoms with E-state index in [4.69, 9.17) is 9.15 Å². The van der Waals surface area contributed by atoms with Crippen molar-refractivity contribution in [3.63, 3.8) is 0 Å². The van der Waals surface area contributed by atoms with Crippen LogP contribution in [-0.4, -0.2) is 54.0 Å². The highest BCUT2D eigenvalue weighted by Crippen LogP contribution is 2.16. The highest BCUT2D eigenvalue weighted by Gasteiger charge is 2.25. The molecule has 2 heterocycles. The summed E-state index contributed by atoms with van der Waals surface area (Å²) >= 11 is 0. The molecule has 0 bridgehead atoms. The van der Waals surface area contributed by atoms with Crippen LogP contribution in [0.3, 0.4) is 0 Å². The fourth-order valence-corrected chi connectivity index (χ4v) is 2.60. The van der Waals surface area contributed by atoms with Gasteiger partial charge in [0.25, 0.3) is 0 Å². The second-order valence-electron chi connectivity index (χ2n) is 5.68. The maximum absolute atomic E-state index is 12.6. The highest BCUT2D eigenvalue weighted by molar-refractivity contribution is 5.84. The first-order valence-electron chi connectivity index (χ1n) is 7.88. The zero-order valence-corrected chi connectivity index (χ0v) is 13.6. The Balaban J connectivity index is 2.02. The number of furan rings is 1. The van der Waals surface area contributed by atoms with Crippen molar-refractivity contribution < 1.29 is 18.7 Å². The molecule has 0 unspecified atom stereocenters. The van der Waals surface area contributed by atoms with E-state index in [1.54, 1.807) is 23.3 Å². The van der Waals surface area contributed by atoms with Crippen molar-refractivity contribution in [1.82, 2.24) is 9.80 Å². The first kappa shape index (κ1) is 17.3.